The molecule has 1 N–H and O–H groups in total. The van der Waals surface area contributed by atoms with Crippen LogP contribution in [0.5, 0.6) is 0 Å². The molecule has 21 heavy (non-hydrogen) atoms. The molecule has 0 bridgehead atoms. The van der Waals surface area contributed by atoms with Crippen LogP contribution < -0.4 is 10.2 Å². The minimum Gasteiger partial charge on any atom is -0.299 e. The molecule has 2 aromatic heterocycles. The Balaban J connectivity index is 1.67. The first-order valence-electron chi connectivity index (χ1n) is 6.37. The first-order chi connectivity index (χ1) is 10.2. The van der Waals surface area contributed by atoms with E-state index in [1.807, 2.05) is 48.7 Å². The van der Waals surface area contributed by atoms with Gasteiger partial charge < -0.3 is 0 Å². The number of thiophene rings is 1. The van der Waals surface area contributed by atoms with Crippen molar-refractivity contribution in [1.29, 1.82) is 0 Å². The fourth-order valence-electron chi connectivity index (χ4n) is 1.84. The van der Waals surface area contributed by atoms with E-state index in [0.29, 0.717) is 5.69 Å². The fourth-order valence-corrected chi connectivity index (χ4v) is 2.54. The minimum atomic E-state index is -0.579. The van der Waals surface area contributed by atoms with E-state index in [9.17, 15) is 4.79 Å². The van der Waals surface area contributed by atoms with Crippen LogP contribution in [-0.4, -0.2) is 16.0 Å². The van der Waals surface area contributed by atoms with Gasteiger partial charge >= 0.3 is 6.09 Å². The molecule has 0 aliphatic rings. The van der Waals surface area contributed by atoms with Crippen molar-refractivity contribution in [2.75, 3.05) is 5.32 Å². The summed E-state index contributed by atoms with van der Waals surface area (Å²) in [5, 5.41) is 8.86. The smallest absolute Gasteiger partial charge is 0.299 e. The summed E-state index contributed by atoms with van der Waals surface area (Å²) >= 11 is 1.58. The molecule has 0 saturated heterocycles. The maximum absolute atomic E-state index is 11.8. The van der Waals surface area contributed by atoms with Crippen molar-refractivity contribution in [2.24, 2.45) is 0 Å². The second kappa shape index (κ2) is 5.80. The summed E-state index contributed by atoms with van der Waals surface area (Å²) in [6, 6.07) is 13.2. The molecule has 3 aromatic rings. The van der Waals surface area contributed by atoms with E-state index in [2.05, 4.69) is 10.4 Å². The normalized spacial score (nSPS) is 10.3. The number of aromatic nitrogens is 2. The van der Waals surface area contributed by atoms with Gasteiger partial charge in [-0.3, -0.25) is 10.2 Å². The lowest BCUT2D eigenvalue weighted by molar-refractivity contribution is 0.130. The highest BCUT2D eigenvalue weighted by atomic mass is 32.1. The molecular weight excluding hydrogens is 286 g/mol. The maximum Gasteiger partial charge on any atom is 0.437 e. The van der Waals surface area contributed by atoms with E-state index in [1.54, 1.807) is 23.6 Å². The molecule has 0 aliphatic heterocycles. The van der Waals surface area contributed by atoms with Gasteiger partial charge in [-0.2, -0.15) is 0 Å². The Morgan fingerprint density at radius 2 is 2.10 bits per heavy atom. The van der Waals surface area contributed by atoms with E-state index in [0.717, 1.165) is 21.0 Å². The van der Waals surface area contributed by atoms with Gasteiger partial charge in [-0.15, -0.1) is 16.4 Å². The van der Waals surface area contributed by atoms with Gasteiger partial charge in [0.25, 0.3) is 0 Å². The Kier molecular flexibility index (Phi) is 3.70. The van der Waals surface area contributed by atoms with Crippen LogP contribution in [0.15, 0.2) is 54.0 Å². The predicted octanol–water partition coefficient (Wildman–Crippen LogP) is 3.58. The van der Waals surface area contributed by atoms with Gasteiger partial charge in [-0.1, -0.05) is 29.1 Å². The third-order valence-corrected chi connectivity index (χ3v) is 3.79. The second-order valence-electron chi connectivity index (χ2n) is 4.40. The Hall–Kier alpha value is -2.60. The van der Waals surface area contributed by atoms with Crippen molar-refractivity contribution in [3.8, 4) is 10.6 Å². The monoisotopic (exact) mass is 299 g/mol. The Labute approximate surface area is 125 Å². The summed E-state index contributed by atoms with van der Waals surface area (Å²) < 4.78 is 0. The Morgan fingerprint density at radius 1 is 1.24 bits per heavy atom. The zero-order valence-electron chi connectivity index (χ0n) is 11.3. The van der Waals surface area contributed by atoms with Gasteiger partial charge in [0.1, 0.15) is 5.69 Å². The summed E-state index contributed by atoms with van der Waals surface area (Å²) in [5.41, 5.74) is 2.45. The average Bonchev–Trinajstić information content (AvgIpc) is 3.12. The minimum absolute atomic E-state index is 0.579. The number of aryl methyl sites for hydroxylation is 1. The predicted molar refractivity (Wildman–Crippen MR) is 82.3 cm³/mol. The number of para-hydroxylation sites is 1. The van der Waals surface area contributed by atoms with Gasteiger partial charge in [-0.25, -0.2) is 4.79 Å². The van der Waals surface area contributed by atoms with Crippen molar-refractivity contribution in [3.63, 3.8) is 0 Å². The first-order valence-corrected chi connectivity index (χ1v) is 7.25. The van der Waals surface area contributed by atoms with Crippen LogP contribution in [0.1, 0.15) is 5.56 Å². The first kappa shape index (κ1) is 13.4. The highest BCUT2D eigenvalue weighted by molar-refractivity contribution is 7.13. The number of carbonyl (C=O) groups is 1. The highest BCUT2D eigenvalue weighted by Gasteiger charge is 2.09. The van der Waals surface area contributed by atoms with Crippen molar-refractivity contribution >= 4 is 23.1 Å². The van der Waals surface area contributed by atoms with Crippen molar-refractivity contribution in [3.05, 3.63) is 59.6 Å². The van der Waals surface area contributed by atoms with Crippen LogP contribution in [0.4, 0.5) is 10.5 Å². The summed E-state index contributed by atoms with van der Waals surface area (Å²) in [4.78, 5) is 19.1. The number of benzene rings is 1. The summed E-state index contributed by atoms with van der Waals surface area (Å²) in [7, 11) is 0. The number of anilines is 1. The molecule has 5 nitrogen and oxygen atoms in total. The SMILES string of the molecule is Cc1ccccc1NC(=O)On1ccc(-c2cccs2)n1. The molecule has 0 radical (unpaired) electrons. The van der Waals surface area contributed by atoms with Crippen LogP contribution in [0, 0.1) is 6.92 Å². The van der Waals surface area contributed by atoms with Crippen molar-refractivity contribution < 1.29 is 9.63 Å². The van der Waals surface area contributed by atoms with Gasteiger partial charge in [-0.05, 0) is 36.1 Å². The molecule has 1 aromatic carbocycles. The number of hydrogen-bond acceptors (Lipinski definition) is 4. The van der Waals surface area contributed by atoms with Gasteiger partial charge in [0.05, 0.1) is 11.1 Å². The number of nitrogens with zero attached hydrogens (tertiary/aromatic N) is 2. The highest BCUT2D eigenvalue weighted by Crippen LogP contribution is 2.22. The molecule has 2 heterocycles. The van der Waals surface area contributed by atoms with Crippen LogP contribution in [0.2, 0.25) is 0 Å². The van der Waals surface area contributed by atoms with E-state index in [1.165, 1.54) is 0 Å². The lowest BCUT2D eigenvalue weighted by Crippen LogP contribution is -2.25. The van der Waals surface area contributed by atoms with Gasteiger partial charge in [0.2, 0.25) is 0 Å². The molecule has 6 heteroatoms. The number of carbonyl (C=O) groups excluding carboxylic acids is 1. The molecule has 0 fully saturated rings. The lowest BCUT2D eigenvalue weighted by atomic mass is 10.2. The van der Waals surface area contributed by atoms with Crippen LogP contribution >= 0.6 is 11.3 Å². The summed E-state index contributed by atoms with van der Waals surface area (Å²) in [6.45, 7) is 1.92. The second-order valence-corrected chi connectivity index (χ2v) is 5.35. The molecule has 0 spiro atoms. The molecule has 0 aliphatic carbocycles. The number of rotatable bonds is 3. The molecule has 0 atom stereocenters. The number of amides is 1. The Bertz CT molecular complexity index is 750. The molecule has 106 valence electrons. The van der Waals surface area contributed by atoms with Crippen molar-refractivity contribution in [1.82, 2.24) is 9.94 Å². The van der Waals surface area contributed by atoms with E-state index >= 15 is 0 Å². The number of nitrogens with one attached hydrogen (secondary N) is 1. The summed E-state index contributed by atoms with van der Waals surface area (Å²) in [5.74, 6) is 0. The molecule has 3 rings (SSSR count). The maximum atomic E-state index is 11.8. The van der Waals surface area contributed by atoms with Gasteiger partial charge in [0.15, 0.2) is 0 Å². The largest absolute Gasteiger partial charge is 0.437 e. The molecular formula is C15H13N3O2S. The summed E-state index contributed by atoms with van der Waals surface area (Å²) in [6.07, 6.45) is 1.03. The topological polar surface area (TPSA) is 56.1 Å². The lowest BCUT2D eigenvalue weighted by Gasteiger charge is -2.07. The van der Waals surface area contributed by atoms with Crippen LogP contribution in [0.25, 0.3) is 10.6 Å². The van der Waals surface area contributed by atoms with Crippen LogP contribution in [0.3, 0.4) is 0 Å². The zero-order chi connectivity index (χ0) is 14.7. The fraction of sp³-hybridized carbons (Fsp3) is 0.0667. The third kappa shape index (κ3) is 3.11. The van der Waals surface area contributed by atoms with Crippen LogP contribution in [-0.2, 0) is 0 Å². The van der Waals surface area contributed by atoms with E-state index in [-0.39, 0.29) is 0 Å². The average molecular weight is 299 g/mol. The standard InChI is InChI=1S/C15H13N3O2S/c1-11-5-2-3-6-12(11)16-15(19)20-18-9-8-13(17-18)14-7-4-10-21-14/h2-10H,1H3,(H,16,19). The Morgan fingerprint density at radius 3 is 2.86 bits per heavy atom. The van der Waals surface area contributed by atoms with E-state index < -0.39 is 6.09 Å². The zero-order valence-corrected chi connectivity index (χ0v) is 12.1. The molecule has 0 saturated carbocycles. The molecule has 0 unspecified atom stereocenters. The third-order valence-electron chi connectivity index (χ3n) is 2.90. The number of hydrogen-bond donors (Lipinski definition) is 1. The van der Waals surface area contributed by atoms with E-state index in [4.69, 9.17) is 4.84 Å². The van der Waals surface area contributed by atoms with Gasteiger partial charge in [0, 0.05) is 5.69 Å². The quantitative estimate of drug-likeness (QED) is 0.804. The molecule has 1 amide bonds. The van der Waals surface area contributed by atoms with Crippen molar-refractivity contribution in [2.45, 2.75) is 6.92 Å².